The minimum Gasteiger partial charge on any atom is -0.726 e. The van der Waals surface area contributed by atoms with Crippen molar-refractivity contribution in [1.29, 1.82) is 0 Å². The van der Waals surface area contributed by atoms with Crippen LogP contribution in [0.25, 0.3) is 0 Å². The van der Waals surface area contributed by atoms with E-state index in [1.165, 1.54) is 0 Å². The predicted molar refractivity (Wildman–Crippen MR) is 57.4 cm³/mol. The maximum Gasteiger partial charge on any atom is 0.333 e. The van der Waals surface area contributed by atoms with Crippen LogP contribution >= 0.6 is 0 Å². The summed E-state index contributed by atoms with van der Waals surface area (Å²) in [5.41, 5.74) is 0.459. The van der Waals surface area contributed by atoms with Crippen LogP contribution in [0.15, 0.2) is 12.2 Å². The molecule has 0 spiro atoms. The Morgan fingerprint density at radius 3 is 2.06 bits per heavy atom. The van der Waals surface area contributed by atoms with Gasteiger partial charge in [-0.25, -0.2) is 13.2 Å². The van der Waals surface area contributed by atoms with Gasteiger partial charge >= 0.3 is 5.97 Å². The van der Waals surface area contributed by atoms with Crippen LogP contribution in [0.4, 0.5) is 0 Å². The Kier molecular flexibility index (Phi) is 9.02. The van der Waals surface area contributed by atoms with E-state index in [0.29, 0.717) is 5.57 Å². The second-order valence-corrected chi connectivity index (χ2v) is 4.13. The third kappa shape index (κ3) is 13.1. The van der Waals surface area contributed by atoms with Crippen molar-refractivity contribution in [3.8, 4) is 0 Å². The molecule has 0 saturated heterocycles. The predicted octanol–water partition coefficient (Wildman–Crippen LogP) is 0.997. The molecule has 1 unspecified atom stereocenters. The first-order valence-corrected chi connectivity index (χ1v) is 5.85. The van der Waals surface area contributed by atoms with E-state index in [1.807, 2.05) is 13.8 Å². The zero-order chi connectivity index (χ0) is 13.4. The summed E-state index contributed by atoms with van der Waals surface area (Å²) >= 11 is 0. The Bertz CT molecular complexity index is 319. The normalized spacial score (nSPS) is 12.1. The number of esters is 1. The van der Waals surface area contributed by atoms with Gasteiger partial charge in [-0.3, -0.25) is 4.18 Å². The van der Waals surface area contributed by atoms with Crippen LogP contribution in [-0.4, -0.2) is 32.2 Å². The van der Waals surface area contributed by atoms with Gasteiger partial charge in [0.25, 0.3) is 0 Å². The van der Waals surface area contributed by atoms with Gasteiger partial charge in [0, 0.05) is 5.57 Å². The average Bonchev–Trinajstić information content (AvgIpc) is 2.17. The lowest BCUT2D eigenvalue weighted by atomic mass is 10.3. The molecule has 0 amide bonds. The first kappa shape index (κ1) is 17.5. The fraction of sp³-hybridized carbons (Fsp3) is 0.667. The quantitative estimate of drug-likeness (QED) is 0.321. The molecule has 0 heterocycles. The summed E-state index contributed by atoms with van der Waals surface area (Å²) in [6.07, 6.45) is 0.850. The van der Waals surface area contributed by atoms with Crippen LogP contribution in [0.2, 0.25) is 0 Å². The molecule has 0 aromatic rings. The fourth-order valence-corrected chi connectivity index (χ4v) is 0.367. The number of hydrogen-bond acceptors (Lipinski definition) is 6. The lowest BCUT2D eigenvalue weighted by Crippen LogP contribution is -2.13. The molecule has 0 bridgehead atoms. The van der Waals surface area contributed by atoms with Gasteiger partial charge in [0.2, 0.25) is 10.4 Å². The Labute approximate surface area is 96.2 Å². The van der Waals surface area contributed by atoms with Crippen molar-refractivity contribution in [3.05, 3.63) is 12.2 Å². The number of carbonyl (C=O) groups is 1. The number of rotatable bonds is 4. The highest BCUT2D eigenvalue weighted by molar-refractivity contribution is 7.80. The molecule has 0 saturated carbocycles. The average molecular weight is 253 g/mol. The molecule has 0 rings (SSSR count). The smallest absolute Gasteiger partial charge is 0.333 e. The minimum absolute atomic E-state index is 0.00389. The molecule has 96 valence electrons. The lowest BCUT2D eigenvalue weighted by Gasteiger charge is -2.09. The zero-order valence-corrected chi connectivity index (χ0v) is 10.7. The summed E-state index contributed by atoms with van der Waals surface area (Å²) in [7, 11) is -3.60. The Balaban J connectivity index is 0. The molecule has 0 N–H and O–H groups in total. The summed E-state index contributed by atoms with van der Waals surface area (Å²) in [5, 5.41) is 0. The highest BCUT2D eigenvalue weighted by Gasteiger charge is 2.06. The molecule has 0 aliphatic rings. The van der Waals surface area contributed by atoms with E-state index < -0.39 is 10.4 Å². The minimum atomic E-state index is -4.41. The molecule has 0 fully saturated rings. The summed E-state index contributed by atoms with van der Waals surface area (Å²) in [4.78, 5) is 10.8. The van der Waals surface area contributed by atoms with E-state index in [0.717, 1.165) is 13.5 Å². The van der Waals surface area contributed by atoms with E-state index in [-0.39, 0.29) is 12.1 Å². The van der Waals surface area contributed by atoms with Gasteiger partial charge in [-0.2, -0.15) is 0 Å². The zero-order valence-electron chi connectivity index (χ0n) is 9.85. The number of carbonyl (C=O) groups excluding carboxylic acids is 1. The lowest BCUT2D eigenvalue weighted by molar-refractivity contribution is -0.143. The van der Waals surface area contributed by atoms with Gasteiger partial charge in [-0.15, -0.1) is 0 Å². The fourth-order valence-electron chi connectivity index (χ4n) is 0.367. The summed E-state index contributed by atoms with van der Waals surface area (Å²) < 4.78 is 35.9. The number of ether oxygens (including phenoxy) is 1. The van der Waals surface area contributed by atoms with Crippen molar-refractivity contribution in [1.82, 2.24) is 0 Å². The van der Waals surface area contributed by atoms with Gasteiger partial charge < -0.3 is 9.29 Å². The van der Waals surface area contributed by atoms with Gasteiger partial charge in [-0.1, -0.05) is 13.5 Å². The first-order chi connectivity index (χ1) is 7.14. The molecule has 6 nitrogen and oxygen atoms in total. The van der Waals surface area contributed by atoms with Crippen LogP contribution in [0.1, 0.15) is 27.2 Å². The SMILES string of the molecule is C=C(C)C(=O)OC(C)CC.COS(=O)(=O)[O-]. The van der Waals surface area contributed by atoms with Gasteiger partial charge in [-0.05, 0) is 20.3 Å². The third-order valence-electron chi connectivity index (χ3n) is 1.44. The van der Waals surface area contributed by atoms with Crippen molar-refractivity contribution in [3.63, 3.8) is 0 Å². The molecular weight excluding hydrogens is 236 g/mol. The van der Waals surface area contributed by atoms with E-state index in [9.17, 15) is 17.8 Å². The third-order valence-corrected chi connectivity index (χ3v) is 1.84. The Morgan fingerprint density at radius 1 is 1.50 bits per heavy atom. The van der Waals surface area contributed by atoms with Crippen LogP contribution < -0.4 is 0 Å². The van der Waals surface area contributed by atoms with Gasteiger partial charge in [0.15, 0.2) is 0 Å². The molecule has 0 aliphatic carbocycles. The van der Waals surface area contributed by atoms with E-state index >= 15 is 0 Å². The van der Waals surface area contributed by atoms with Crippen LogP contribution in [0.3, 0.4) is 0 Å². The van der Waals surface area contributed by atoms with E-state index in [2.05, 4.69) is 10.8 Å². The summed E-state index contributed by atoms with van der Waals surface area (Å²) in [5.74, 6) is -0.297. The second-order valence-electron chi connectivity index (χ2n) is 2.98. The van der Waals surface area contributed by atoms with Gasteiger partial charge in [0.05, 0.1) is 13.2 Å². The topological polar surface area (TPSA) is 92.7 Å². The molecule has 0 radical (unpaired) electrons. The summed E-state index contributed by atoms with van der Waals surface area (Å²) in [6.45, 7) is 8.94. The molecule has 0 aromatic carbocycles. The highest BCUT2D eigenvalue weighted by Crippen LogP contribution is 2.00. The van der Waals surface area contributed by atoms with Crippen LogP contribution in [0.5, 0.6) is 0 Å². The highest BCUT2D eigenvalue weighted by atomic mass is 32.3. The monoisotopic (exact) mass is 253 g/mol. The van der Waals surface area contributed by atoms with E-state index in [1.54, 1.807) is 6.92 Å². The van der Waals surface area contributed by atoms with Crippen molar-refractivity contribution < 1.29 is 26.7 Å². The molecule has 1 atom stereocenters. The van der Waals surface area contributed by atoms with Crippen molar-refractivity contribution in [2.45, 2.75) is 33.3 Å². The summed E-state index contributed by atoms with van der Waals surface area (Å²) in [6, 6.07) is 0. The van der Waals surface area contributed by atoms with Crippen LogP contribution in [0, 0.1) is 0 Å². The standard InChI is InChI=1S/C8H14O2.CH4O4S/c1-5-7(4)10-8(9)6(2)3;1-5-6(2,3)4/h7H,2,5H2,1,3-4H3;1H3,(H,2,3,4)/p-1. The maximum atomic E-state index is 10.8. The van der Waals surface area contributed by atoms with Crippen LogP contribution in [-0.2, 0) is 24.1 Å². The molecular formula is C9H17O6S-. The molecule has 0 aromatic heterocycles. The first-order valence-electron chi connectivity index (χ1n) is 4.52. The Morgan fingerprint density at radius 2 is 1.88 bits per heavy atom. The number of hydrogen-bond donors (Lipinski definition) is 0. The van der Waals surface area contributed by atoms with Crippen molar-refractivity contribution in [2.24, 2.45) is 0 Å². The molecule has 0 aliphatic heterocycles. The second kappa shape index (κ2) is 8.26. The van der Waals surface area contributed by atoms with Crippen molar-refractivity contribution >= 4 is 16.4 Å². The maximum absolute atomic E-state index is 10.8. The largest absolute Gasteiger partial charge is 0.726 e. The molecule has 16 heavy (non-hydrogen) atoms. The molecule has 7 heteroatoms. The van der Waals surface area contributed by atoms with E-state index in [4.69, 9.17) is 4.74 Å². The van der Waals surface area contributed by atoms with Crippen molar-refractivity contribution in [2.75, 3.05) is 7.11 Å². The van der Waals surface area contributed by atoms with Gasteiger partial charge in [0.1, 0.15) is 0 Å². The Hall–Kier alpha value is -0.920.